The van der Waals surface area contributed by atoms with Crippen LogP contribution < -0.4 is 10.1 Å². The molecule has 0 fully saturated rings. The topological polar surface area (TPSA) is 98.8 Å². The van der Waals surface area contributed by atoms with E-state index in [2.05, 4.69) is 5.32 Å². The van der Waals surface area contributed by atoms with E-state index in [1.807, 2.05) is 19.1 Å². The molecular weight excluding hydrogens is 462 g/mol. The summed E-state index contributed by atoms with van der Waals surface area (Å²) < 4.78 is 35.4. The van der Waals surface area contributed by atoms with Gasteiger partial charge in [-0.05, 0) is 43.7 Å². The van der Waals surface area contributed by atoms with Gasteiger partial charge in [-0.3, -0.25) is 4.79 Å². The van der Waals surface area contributed by atoms with Crippen molar-refractivity contribution in [2.75, 3.05) is 24.8 Å². The number of aryl methyl sites for hydroxylation is 1. The van der Waals surface area contributed by atoms with Gasteiger partial charge in [-0.15, -0.1) is 11.3 Å². The summed E-state index contributed by atoms with van der Waals surface area (Å²) in [6, 6.07) is 13.7. The van der Waals surface area contributed by atoms with Gasteiger partial charge in [-0.25, -0.2) is 13.2 Å². The van der Waals surface area contributed by atoms with E-state index in [9.17, 15) is 18.0 Å². The molecule has 9 heteroatoms. The predicted octanol–water partition coefficient (Wildman–Crippen LogP) is 4.71. The normalized spacial score (nSPS) is 11.1. The van der Waals surface area contributed by atoms with Gasteiger partial charge in [0.15, 0.2) is 9.84 Å². The lowest BCUT2D eigenvalue weighted by Gasteiger charge is -2.10. The number of ether oxygens (including phenoxy) is 2. The molecule has 0 aliphatic rings. The fraction of sp³-hybridized carbons (Fsp3) is 0.250. The molecule has 0 aliphatic heterocycles. The molecule has 33 heavy (non-hydrogen) atoms. The Labute approximate surface area is 197 Å². The second-order valence-electron chi connectivity index (χ2n) is 7.23. The zero-order valence-electron chi connectivity index (χ0n) is 18.6. The second kappa shape index (κ2) is 10.6. The molecule has 3 aromatic rings. The third-order valence-electron chi connectivity index (χ3n) is 4.90. The van der Waals surface area contributed by atoms with E-state index in [-0.39, 0.29) is 29.2 Å². The van der Waals surface area contributed by atoms with Gasteiger partial charge in [0.05, 0.1) is 24.4 Å². The zero-order chi connectivity index (χ0) is 24.0. The van der Waals surface area contributed by atoms with Gasteiger partial charge in [0, 0.05) is 17.4 Å². The van der Waals surface area contributed by atoms with Crippen molar-refractivity contribution in [2.45, 2.75) is 25.2 Å². The highest BCUT2D eigenvalue weighted by molar-refractivity contribution is 7.91. The first kappa shape index (κ1) is 24.5. The number of anilines is 1. The largest absolute Gasteiger partial charge is 0.497 e. The fourth-order valence-electron chi connectivity index (χ4n) is 3.12. The van der Waals surface area contributed by atoms with Gasteiger partial charge in [0.25, 0.3) is 0 Å². The van der Waals surface area contributed by atoms with Gasteiger partial charge in [-0.1, -0.05) is 29.8 Å². The van der Waals surface area contributed by atoms with Crippen molar-refractivity contribution >= 4 is 38.1 Å². The molecule has 0 bridgehead atoms. The van der Waals surface area contributed by atoms with Crippen molar-refractivity contribution in [3.8, 4) is 16.9 Å². The molecule has 2 aromatic carbocycles. The highest BCUT2D eigenvalue weighted by Gasteiger charge is 2.24. The number of hydrogen-bond donors (Lipinski definition) is 1. The van der Waals surface area contributed by atoms with E-state index in [1.54, 1.807) is 43.7 Å². The number of methoxy groups -OCH3 is 1. The molecule has 1 aromatic heterocycles. The molecule has 3 rings (SSSR count). The predicted molar refractivity (Wildman–Crippen MR) is 129 cm³/mol. The van der Waals surface area contributed by atoms with Crippen LogP contribution in [0.2, 0.25) is 0 Å². The van der Waals surface area contributed by atoms with Crippen LogP contribution in [-0.4, -0.2) is 39.8 Å². The van der Waals surface area contributed by atoms with Crippen LogP contribution in [0.3, 0.4) is 0 Å². The summed E-state index contributed by atoms with van der Waals surface area (Å²) in [5, 5.41) is 4.76. The van der Waals surface area contributed by atoms with Crippen LogP contribution in [0.25, 0.3) is 11.1 Å². The highest BCUT2D eigenvalue weighted by atomic mass is 32.2. The molecular formula is C24H25NO6S2. The van der Waals surface area contributed by atoms with Gasteiger partial charge < -0.3 is 14.8 Å². The van der Waals surface area contributed by atoms with Crippen LogP contribution in [-0.2, 0) is 19.4 Å². The maximum absolute atomic E-state index is 12.7. The minimum absolute atomic E-state index is 0.172. The smallest absolute Gasteiger partial charge is 0.341 e. The van der Waals surface area contributed by atoms with Crippen LogP contribution in [0.4, 0.5) is 5.00 Å². The van der Waals surface area contributed by atoms with Crippen LogP contribution >= 0.6 is 11.3 Å². The van der Waals surface area contributed by atoms with Crippen LogP contribution in [0, 0.1) is 6.92 Å². The number of benzene rings is 2. The number of rotatable bonds is 9. The molecule has 1 heterocycles. The zero-order valence-corrected chi connectivity index (χ0v) is 20.2. The Bertz CT molecular complexity index is 1230. The van der Waals surface area contributed by atoms with E-state index < -0.39 is 21.7 Å². The average Bonchev–Trinajstić information content (AvgIpc) is 3.22. The molecule has 0 radical (unpaired) electrons. The number of esters is 1. The molecule has 0 saturated heterocycles. The Balaban J connectivity index is 1.79. The van der Waals surface area contributed by atoms with E-state index in [1.165, 1.54) is 23.5 Å². The average molecular weight is 488 g/mol. The third kappa shape index (κ3) is 6.00. The Morgan fingerprint density at radius 2 is 1.70 bits per heavy atom. The first-order valence-electron chi connectivity index (χ1n) is 10.3. The summed E-state index contributed by atoms with van der Waals surface area (Å²) >= 11 is 1.18. The number of hydrogen-bond acceptors (Lipinski definition) is 7. The summed E-state index contributed by atoms with van der Waals surface area (Å²) in [6.07, 6.45) is -0.242. The van der Waals surface area contributed by atoms with E-state index in [0.717, 1.165) is 11.1 Å². The molecule has 0 unspecified atom stereocenters. The Kier molecular flexibility index (Phi) is 7.88. The second-order valence-corrected chi connectivity index (χ2v) is 10.2. The summed E-state index contributed by atoms with van der Waals surface area (Å²) in [5.74, 6) is -0.727. The SMILES string of the molecule is CCOC(=O)c1c(-c2ccc(OC)cc2)csc1NC(=O)CCS(=O)(=O)c1ccc(C)cc1. The highest BCUT2D eigenvalue weighted by Crippen LogP contribution is 2.37. The van der Waals surface area contributed by atoms with Crippen molar-refractivity contribution in [1.29, 1.82) is 0 Å². The van der Waals surface area contributed by atoms with Crippen molar-refractivity contribution in [3.63, 3.8) is 0 Å². The van der Waals surface area contributed by atoms with E-state index in [4.69, 9.17) is 9.47 Å². The number of carbonyl (C=O) groups is 2. The van der Waals surface area contributed by atoms with Gasteiger partial charge in [-0.2, -0.15) is 0 Å². The monoisotopic (exact) mass is 487 g/mol. The molecule has 0 spiro atoms. The van der Waals surface area contributed by atoms with Crippen molar-refractivity contribution in [1.82, 2.24) is 0 Å². The lowest BCUT2D eigenvalue weighted by atomic mass is 10.0. The molecule has 174 valence electrons. The standard InChI is InChI=1S/C24H25NO6S2/c1-4-31-24(27)22-20(17-7-9-18(30-3)10-8-17)15-32-23(22)25-21(26)13-14-33(28,29)19-11-5-16(2)6-12-19/h5-12,15H,4,13-14H2,1-3H3,(H,25,26). The summed E-state index contributed by atoms with van der Waals surface area (Å²) in [5.41, 5.74) is 2.56. The van der Waals surface area contributed by atoms with Crippen molar-refractivity contribution in [3.05, 3.63) is 65.0 Å². The van der Waals surface area contributed by atoms with E-state index in [0.29, 0.717) is 16.3 Å². The Morgan fingerprint density at radius 3 is 2.30 bits per heavy atom. The minimum Gasteiger partial charge on any atom is -0.497 e. The maximum Gasteiger partial charge on any atom is 0.341 e. The van der Waals surface area contributed by atoms with E-state index >= 15 is 0 Å². The fourth-order valence-corrected chi connectivity index (χ4v) is 5.33. The minimum atomic E-state index is -3.60. The summed E-state index contributed by atoms with van der Waals surface area (Å²) in [7, 11) is -2.04. The maximum atomic E-state index is 12.7. The van der Waals surface area contributed by atoms with Crippen molar-refractivity contribution < 1.29 is 27.5 Å². The lowest BCUT2D eigenvalue weighted by molar-refractivity contribution is -0.115. The number of carbonyl (C=O) groups excluding carboxylic acids is 2. The number of thiophene rings is 1. The molecule has 1 amide bonds. The van der Waals surface area contributed by atoms with Crippen LogP contribution in [0.5, 0.6) is 5.75 Å². The molecule has 0 atom stereocenters. The van der Waals surface area contributed by atoms with Crippen molar-refractivity contribution in [2.24, 2.45) is 0 Å². The summed E-state index contributed by atoms with van der Waals surface area (Å²) in [6.45, 7) is 3.75. The third-order valence-corrected chi connectivity index (χ3v) is 7.53. The lowest BCUT2D eigenvalue weighted by Crippen LogP contribution is -2.18. The van der Waals surface area contributed by atoms with Gasteiger partial charge >= 0.3 is 5.97 Å². The van der Waals surface area contributed by atoms with Crippen LogP contribution in [0.15, 0.2) is 58.8 Å². The molecule has 0 saturated carbocycles. The Morgan fingerprint density at radius 1 is 1.03 bits per heavy atom. The molecule has 0 aliphatic carbocycles. The number of nitrogens with one attached hydrogen (secondary N) is 1. The first-order chi connectivity index (χ1) is 15.7. The first-order valence-corrected chi connectivity index (χ1v) is 12.8. The quantitative estimate of drug-likeness (QED) is 0.439. The number of sulfone groups is 1. The summed E-state index contributed by atoms with van der Waals surface area (Å²) in [4.78, 5) is 25.4. The van der Waals surface area contributed by atoms with Gasteiger partial charge in [0.2, 0.25) is 5.91 Å². The van der Waals surface area contributed by atoms with Gasteiger partial charge in [0.1, 0.15) is 16.3 Å². The number of amides is 1. The van der Waals surface area contributed by atoms with Crippen LogP contribution in [0.1, 0.15) is 29.3 Å². The molecule has 1 N–H and O–H groups in total. The molecule has 7 nitrogen and oxygen atoms in total. The Hall–Kier alpha value is -3.17.